The molecular weight excluding hydrogens is 269 g/mol. The standard InChI is InChI=1S/C16H24FN3O/c1-3-18-15-8-9-20(10-12(15)2)11-16(21)19-14-6-4-13(17)5-7-14/h4-7,12,15,18H,3,8-11H2,1-2H3,(H,19,21). The predicted molar refractivity (Wildman–Crippen MR) is 82.7 cm³/mol. The molecule has 0 aliphatic carbocycles. The molecule has 2 rings (SSSR count). The molecule has 5 heteroatoms. The van der Waals surface area contributed by atoms with Crippen LogP contribution in [0.4, 0.5) is 10.1 Å². The zero-order valence-electron chi connectivity index (χ0n) is 12.7. The number of carbonyl (C=O) groups excluding carboxylic acids is 1. The minimum Gasteiger partial charge on any atom is -0.325 e. The van der Waals surface area contributed by atoms with Crippen LogP contribution < -0.4 is 10.6 Å². The fourth-order valence-electron chi connectivity index (χ4n) is 2.88. The van der Waals surface area contributed by atoms with Gasteiger partial charge in [0.15, 0.2) is 0 Å². The number of piperidine rings is 1. The number of halogens is 1. The van der Waals surface area contributed by atoms with E-state index in [4.69, 9.17) is 0 Å². The van der Waals surface area contributed by atoms with Gasteiger partial charge in [0.1, 0.15) is 5.82 Å². The van der Waals surface area contributed by atoms with Crippen LogP contribution in [0.2, 0.25) is 0 Å². The number of nitrogens with one attached hydrogen (secondary N) is 2. The van der Waals surface area contributed by atoms with Crippen LogP contribution in [0.1, 0.15) is 20.3 Å². The summed E-state index contributed by atoms with van der Waals surface area (Å²) < 4.78 is 12.8. The fraction of sp³-hybridized carbons (Fsp3) is 0.562. The van der Waals surface area contributed by atoms with Gasteiger partial charge in [-0.15, -0.1) is 0 Å². The summed E-state index contributed by atoms with van der Waals surface area (Å²) in [5.41, 5.74) is 0.636. The molecule has 21 heavy (non-hydrogen) atoms. The molecule has 1 saturated heterocycles. The second-order valence-corrected chi connectivity index (χ2v) is 5.72. The molecule has 2 unspecified atom stereocenters. The number of hydrogen-bond acceptors (Lipinski definition) is 3. The van der Waals surface area contributed by atoms with Gasteiger partial charge in [-0.25, -0.2) is 4.39 Å². The number of rotatable bonds is 5. The van der Waals surface area contributed by atoms with Gasteiger partial charge >= 0.3 is 0 Å². The Bertz CT molecular complexity index is 463. The quantitative estimate of drug-likeness (QED) is 0.873. The first kappa shape index (κ1) is 15.9. The normalized spacial score (nSPS) is 23.0. The van der Waals surface area contributed by atoms with Gasteiger partial charge in [-0.1, -0.05) is 13.8 Å². The summed E-state index contributed by atoms with van der Waals surface area (Å²) in [6, 6.07) is 6.39. The van der Waals surface area contributed by atoms with Crippen molar-refractivity contribution in [3.8, 4) is 0 Å². The lowest BCUT2D eigenvalue weighted by atomic mass is 9.94. The maximum Gasteiger partial charge on any atom is 0.238 e. The highest BCUT2D eigenvalue weighted by Crippen LogP contribution is 2.16. The van der Waals surface area contributed by atoms with Crippen LogP contribution in [0.25, 0.3) is 0 Å². The van der Waals surface area contributed by atoms with E-state index < -0.39 is 0 Å². The topological polar surface area (TPSA) is 44.4 Å². The van der Waals surface area contributed by atoms with Crippen molar-refractivity contribution < 1.29 is 9.18 Å². The fourth-order valence-corrected chi connectivity index (χ4v) is 2.88. The van der Waals surface area contributed by atoms with Gasteiger partial charge in [-0.3, -0.25) is 9.69 Å². The lowest BCUT2D eigenvalue weighted by Gasteiger charge is -2.36. The number of benzene rings is 1. The first-order valence-corrected chi connectivity index (χ1v) is 7.59. The van der Waals surface area contributed by atoms with E-state index >= 15 is 0 Å². The number of likely N-dealkylation sites (tertiary alicyclic amines) is 1. The van der Waals surface area contributed by atoms with Gasteiger partial charge < -0.3 is 10.6 Å². The highest BCUT2D eigenvalue weighted by molar-refractivity contribution is 5.92. The average Bonchev–Trinajstić information content (AvgIpc) is 2.44. The Balaban J connectivity index is 1.79. The van der Waals surface area contributed by atoms with Gasteiger partial charge in [0.05, 0.1) is 6.54 Å². The second kappa shape index (κ2) is 7.52. The van der Waals surface area contributed by atoms with Crippen LogP contribution in [0.5, 0.6) is 0 Å². The lowest BCUT2D eigenvalue weighted by molar-refractivity contribution is -0.117. The van der Waals surface area contributed by atoms with E-state index in [1.165, 1.54) is 12.1 Å². The molecule has 0 aromatic heterocycles. The first-order valence-electron chi connectivity index (χ1n) is 7.59. The molecule has 0 bridgehead atoms. The van der Waals surface area contributed by atoms with E-state index in [1.807, 2.05) is 0 Å². The molecular formula is C16H24FN3O. The maximum absolute atomic E-state index is 12.8. The first-order chi connectivity index (χ1) is 10.1. The van der Waals surface area contributed by atoms with E-state index in [0.29, 0.717) is 24.2 Å². The van der Waals surface area contributed by atoms with E-state index in [9.17, 15) is 9.18 Å². The summed E-state index contributed by atoms with van der Waals surface area (Å²) in [4.78, 5) is 14.2. The minimum atomic E-state index is -0.299. The van der Waals surface area contributed by atoms with Crippen molar-refractivity contribution in [3.05, 3.63) is 30.1 Å². The van der Waals surface area contributed by atoms with Crippen LogP contribution in [-0.2, 0) is 4.79 Å². The second-order valence-electron chi connectivity index (χ2n) is 5.72. The maximum atomic E-state index is 12.8. The largest absolute Gasteiger partial charge is 0.325 e. The Labute approximate surface area is 125 Å². The van der Waals surface area contributed by atoms with E-state index in [2.05, 4.69) is 29.4 Å². The highest BCUT2D eigenvalue weighted by atomic mass is 19.1. The minimum absolute atomic E-state index is 0.0456. The van der Waals surface area contributed by atoms with Crippen molar-refractivity contribution in [1.29, 1.82) is 0 Å². The molecule has 2 N–H and O–H groups in total. The molecule has 1 aliphatic heterocycles. The van der Waals surface area contributed by atoms with Crippen molar-refractivity contribution in [2.24, 2.45) is 5.92 Å². The van der Waals surface area contributed by atoms with Crippen molar-refractivity contribution in [1.82, 2.24) is 10.2 Å². The van der Waals surface area contributed by atoms with Crippen molar-refractivity contribution >= 4 is 11.6 Å². The van der Waals surface area contributed by atoms with Gasteiger partial charge in [0, 0.05) is 24.8 Å². The number of nitrogens with zero attached hydrogens (tertiary/aromatic N) is 1. The van der Waals surface area contributed by atoms with Crippen molar-refractivity contribution in [2.75, 3.05) is 31.5 Å². The summed E-state index contributed by atoms with van der Waals surface area (Å²) in [6.45, 7) is 7.57. The van der Waals surface area contributed by atoms with Crippen LogP contribution in [0, 0.1) is 11.7 Å². The Morgan fingerprint density at radius 1 is 1.38 bits per heavy atom. The molecule has 1 aliphatic rings. The van der Waals surface area contributed by atoms with E-state index in [1.54, 1.807) is 12.1 Å². The Morgan fingerprint density at radius 2 is 2.10 bits per heavy atom. The SMILES string of the molecule is CCNC1CCN(CC(=O)Nc2ccc(F)cc2)CC1C. The van der Waals surface area contributed by atoms with Crippen molar-refractivity contribution in [2.45, 2.75) is 26.3 Å². The van der Waals surface area contributed by atoms with Gasteiger partial charge in [-0.2, -0.15) is 0 Å². The summed E-state index contributed by atoms with van der Waals surface area (Å²) in [7, 11) is 0. The van der Waals surface area contributed by atoms with Crippen LogP contribution in [0.15, 0.2) is 24.3 Å². The molecule has 0 saturated carbocycles. The molecule has 2 atom stereocenters. The zero-order valence-corrected chi connectivity index (χ0v) is 12.7. The van der Waals surface area contributed by atoms with Gasteiger partial charge in [0.25, 0.3) is 0 Å². The van der Waals surface area contributed by atoms with E-state index in [0.717, 1.165) is 26.1 Å². The lowest BCUT2D eigenvalue weighted by Crippen LogP contribution is -2.49. The monoisotopic (exact) mass is 293 g/mol. The Hall–Kier alpha value is -1.46. The zero-order chi connectivity index (χ0) is 15.2. The summed E-state index contributed by atoms with van der Waals surface area (Å²) in [6.07, 6.45) is 1.07. The molecule has 0 spiro atoms. The molecule has 1 aromatic carbocycles. The van der Waals surface area contributed by atoms with E-state index in [-0.39, 0.29) is 11.7 Å². The van der Waals surface area contributed by atoms with Crippen molar-refractivity contribution in [3.63, 3.8) is 0 Å². The predicted octanol–water partition coefficient (Wildman–Crippen LogP) is 2.08. The molecule has 1 amide bonds. The van der Waals surface area contributed by atoms with Crippen LogP contribution >= 0.6 is 0 Å². The Kier molecular flexibility index (Phi) is 5.70. The average molecular weight is 293 g/mol. The number of anilines is 1. The number of carbonyl (C=O) groups is 1. The third-order valence-electron chi connectivity index (χ3n) is 3.95. The molecule has 1 fully saturated rings. The summed E-state index contributed by atoms with van der Waals surface area (Å²) >= 11 is 0. The Morgan fingerprint density at radius 3 is 2.71 bits per heavy atom. The molecule has 4 nitrogen and oxygen atoms in total. The molecule has 1 aromatic rings. The van der Waals surface area contributed by atoms with Crippen LogP contribution in [0.3, 0.4) is 0 Å². The van der Waals surface area contributed by atoms with Gasteiger partial charge in [0.2, 0.25) is 5.91 Å². The number of hydrogen-bond donors (Lipinski definition) is 2. The smallest absolute Gasteiger partial charge is 0.238 e. The highest BCUT2D eigenvalue weighted by Gasteiger charge is 2.26. The molecule has 1 heterocycles. The third kappa shape index (κ3) is 4.79. The summed E-state index contributed by atoms with van der Waals surface area (Å²) in [5, 5.41) is 6.30. The number of amides is 1. The summed E-state index contributed by atoms with van der Waals surface area (Å²) in [5.74, 6) is 0.195. The van der Waals surface area contributed by atoms with Gasteiger partial charge in [-0.05, 0) is 43.1 Å². The molecule has 116 valence electrons. The third-order valence-corrected chi connectivity index (χ3v) is 3.95. The molecule has 0 radical (unpaired) electrons. The van der Waals surface area contributed by atoms with Crippen LogP contribution in [-0.4, -0.2) is 43.0 Å².